The Morgan fingerprint density at radius 3 is 2.50 bits per heavy atom. The fraction of sp³-hybridized carbons (Fsp3) is 0.800. The standard InChI is InChI=1S/C10H17NO5/c1-15-6-7-16-5-2-8(12)11-10(3-4-10)9(13)14/h2-7H2,1H3,(H,11,12)(H,13,14). The molecule has 0 saturated heterocycles. The van der Waals surface area contributed by atoms with Crippen molar-refractivity contribution in [3.05, 3.63) is 0 Å². The zero-order valence-electron chi connectivity index (χ0n) is 9.32. The van der Waals surface area contributed by atoms with Crippen molar-refractivity contribution in [2.24, 2.45) is 0 Å². The first-order chi connectivity index (χ1) is 7.60. The van der Waals surface area contributed by atoms with Crippen LogP contribution in [-0.2, 0) is 19.1 Å². The fourth-order valence-corrected chi connectivity index (χ4v) is 1.26. The molecule has 1 rings (SSSR count). The number of carboxylic acid groups (broad SMARTS) is 1. The normalized spacial score (nSPS) is 16.8. The predicted molar refractivity (Wildman–Crippen MR) is 55.1 cm³/mol. The molecule has 1 aliphatic carbocycles. The number of hydrogen-bond acceptors (Lipinski definition) is 4. The van der Waals surface area contributed by atoms with Gasteiger partial charge in [0.2, 0.25) is 5.91 Å². The largest absolute Gasteiger partial charge is 0.480 e. The Balaban J connectivity index is 2.10. The van der Waals surface area contributed by atoms with Crippen molar-refractivity contribution in [2.45, 2.75) is 24.8 Å². The van der Waals surface area contributed by atoms with Crippen molar-refractivity contribution >= 4 is 11.9 Å². The lowest BCUT2D eigenvalue weighted by Crippen LogP contribution is -2.43. The van der Waals surface area contributed by atoms with E-state index in [1.165, 1.54) is 0 Å². The van der Waals surface area contributed by atoms with Gasteiger partial charge < -0.3 is 19.9 Å². The highest BCUT2D eigenvalue weighted by atomic mass is 16.5. The van der Waals surface area contributed by atoms with E-state index in [4.69, 9.17) is 14.6 Å². The van der Waals surface area contributed by atoms with Crippen LogP contribution in [0, 0.1) is 0 Å². The first-order valence-electron chi connectivity index (χ1n) is 5.22. The van der Waals surface area contributed by atoms with Gasteiger partial charge in [-0.05, 0) is 12.8 Å². The summed E-state index contributed by atoms with van der Waals surface area (Å²) >= 11 is 0. The summed E-state index contributed by atoms with van der Waals surface area (Å²) in [5, 5.41) is 11.3. The number of rotatable bonds is 8. The molecule has 1 amide bonds. The second-order valence-corrected chi connectivity index (χ2v) is 3.79. The van der Waals surface area contributed by atoms with Crippen molar-refractivity contribution in [1.29, 1.82) is 0 Å². The van der Waals surface area contributed by atoms with Gasteiger partial charge in [0, 0.05) is 13.5 Å². The summed E-state index contributed by atoms with van der Waals surface area (Å²) in [6.45, 7) is 1.21. The van der Waals surface area contributed by atoms with Gasteiger partial charge in [0.05, 0.1) is 19.8 Å². The molecule has 0 unspecified atom stereocenters. The van der Waals surface area contributed by atoms with Gasteiger partial charge >= 0.3 is 5.97 Å². The number of nitrogens with one attached hydrogen (secondary N) is 1. The molecule has 92 valence electrons. The highest BCUT2D eigenvalue weighted by Gasteiger charge is 2.51. The first kappa shape index (κ1) is 12.9. The number of amides is 1. The third-order valence-electron chi connectivity index (χ3n) is 2.44. The molecule has 0 atom stereocenters. The van der Waals surface area contributed by atoms with E-state index in [0.29, 0.717) is 26.1 Å². The second-order valence-electron chi connectivity index (χ2n) is 3.79. The molecule has 0 radical (unpaired) electrons. The van der Waals surface area contributed by atoms with Gasteiger partial charge in [0.15, 0.2) is 0 Å². The number of carboxylic acids is 1. The molecule has 0 aromatic heterocycles. The monoisotopic (exact) mass is 231 g/mol. The lowest BCUT2D eigenvalue weighted by Gasteiger charge is -2.12. The van der Waals surface area contributed by atoms with Crippen LogP contribution in [0.3, 0.4) is 0 Å². The fourth-order valence-electron chi connectivity index (χ4n) is 1.26. The summed E-state index contributed by atoms with van der Waals surface area (Å²) in [7, 11) is 1.57. The van der Waals surface area contributed by atoms with E-state index in [1.807, 2.05) is 0 Å². The maximum atomic E-state index is 11.4. The molecule has 2 N–H and O–H groups in total. The van der Waals surface area contributed by atoms with Gasteiger partial charge in [-0.3, -0.25) is 4.79 Å². The molecule has 0 aromatic rings. The van der Waals surface area contributed by atoms with Crippen LogP contribution < -0.4 is 5.32 Å². The molecule has 0 aliphatic heterocycles. The number of ether oxygens (including phenoxy) is 2. The number of carbonyl (C=O) groups excluding carboxylic acids is 1. The van der Waals surface area contributed by atoms with Crippen LogP contribution in [-0.4, -0.2) is 49.5 Å². The lowest BCUT2D eigenvalue weighted by molar-refractivity contribution is -0.143. The van der Waals surface area contributed by atoms with Crippen molar-refractivity contribution in [3.8, 4) is 0 Å². The van der Waals surface area contributed by atoms with E-state index in [1.54, 1.807) is 7.11 Å². The van der Waals surface area contributed by atoms with Crippen molar-refractivity contribution in [1.82, 2.24) is 5.32 Å². The molecular formula is C10H17NO5. The maximum Gasteiger partial charge on any atom is 0.329 e. The first-order valence-corrected chi connectivity index (χ1v) is 5.22. The van der Waals surface area contributed by atoms with Crippen LogP contribution in [0.2, 0.25) is 0 Å². The van der Waals surface area contributed by atoms with Gasteiger partial charge in [-0.1, -0.05) is 0 Å². The zero-order valence-corrected chi connectivity index (χ0v) is 9.32. The zero-order chi connectivity index (χ0) is 12.0. The van der Waals surface area contributed by atoms with Crippen LogP contribution in [0.4, 0.5) is 0 Å². The number of aliphatic carboxylic acids is 1. The van der Waals surface area contributed by atoms with E-state index in [2.05, 4.69) is 5.32 Å². The summed E-state index contributed by atoms with van der Waals surface area (Å²) in [4.78, 5) is 22.1. The van der Waals surface area contributed by atoms with Crippen LogP contribution in [0.5, 0.6) is 0 Å². The minimum Gasteiger partial charge on any atom is -0.480 e. The second kappa shape index (κ2) is 5.81. The summed E-state index contributed by atoms with van der Waals surface area (Å²) in [6.07, 6.45) is 1.20. The Labute approximate surface area is 93.9 Å². The molecule has 1 saturated carbocycles. The van der Waals surface area contributed by atoms with Gasteiger partial charge in [0.25, 0.3) is 0 Å². The highest BCUT2D eigenvalue weighted by molar-refractivity contribution is 5.89. The third kappa shape index (κ3) is 3.79. The summed E-state index contributed by atoms with van der Waals surface area (Å²) < 4.78 is 9.87. The quantitative estimate of drug-likeness (QED) is 0.564. The summed E-state index contributed by atoms with van der Waals surface area (Å²) in [6, 6.07) is 0. The van der Waals surface area contributed by atoms with E-state index in [9.17, 15) is 9.59 Å². The Hall–Kier alpha value is -1.14. The van der Waals surface area contributed by atoms with Crippen molar-refractivity contribution < 1.29 is 24.2 Å². The highest BCUT2D eigenvalue weighted by Crippen LogP contribution is 2.35. The minimum atomic E-state index is -0.996. The topological polar surface area (TPSA) is 84.9 Å². The average Bonchev–Trinajstić information content (AvgIpc) is 2.98. The molecule has 6 heteroatoms. The van der Waals surface area contributed by atoms with Gasteiger partial charge in [-0.2, -0.15) is 0 Å². The summed E-state index contributed by atoms with van der Waals surface area (Å²) in [5.41, 5.74) is -0.996. The maximum absolute atomic E-state index is 11.4. The average molecular weight is 231 g/mol. The number of carbonyl (C=O) groups is 2. The van der Waals surface area contributed by atoms with E-state index in [0.717, 1.165) is 0 Å². The smallest absolute Gasteiger partial charge is 0.329 e. The Morgan fingerprint density at radius 1 is 1.31 bits per heavy atom. The molecule has 0 bridgehead atoms. The van der Waals surface area contributed by atoms with Gasteiger partial charge in [-0.25, -0.2) is 4.79 Å². The van der Waals surface area contributed by atoms with Gasteiger partial charge in [0.1, 0.15) is 5.54 Å². The molecular weight excluding hydrogens is 214 g/mol. The minimum absolute atomic E-state index is 0.179. The molecule has 0 aromatic carbocycles. The summed E-state index contributed by atoms with van der Waals surface area (Å²) in [5.74, 6) is -1.24. The van der Waals surface area contributed by atoms with E-state index in [-0.39, 0.29) is 18.9 Å². The SMILES string of the molecule is COCCOCCC(=O)NC1(C(=O)O)CC1. The lowest BCUT2D eigenvalue weighted by atomic mass is 10.2. The predicted octanol–water partition coefficient (Wildman–Crippen LogP) is -0.227. The van der Waals surface area contributed by atoms with Crippen LogP contribution in [0.1, 0.15) is 19.3 Å². The Morgan fingerprint density at radius 2 is 2.00 bits per heavy atom. The Bertz CT molecular complexity index is 262. The molecule has 1 fully saturated rings. The number of hydrogen-bond donors (Lipinski definition) is 2. The molecule has 16 heavy (non-hydrogen) atoms. The van der Waals surface area contributed by atoms with Crippen LogP contribution in [0.15, 0.2) is 0 Å². The number of methoxy groups -OCH3 is 1. The van der Waals surface area contributed by atoms with Crippen LogP contribution in [0.25, 0.3) is 0 Å². The third-order valence-corrected chi connectivity index (χ3v) is 2.44. The van der Waals surface area contributed by atoms with E-state index < -0.39 is 11.5 Å². The van der Waals surface area contributed by atoms with Crippen LogP contribution >= 0.6 is 0 Å². The molecule has 0 heterocycles. The van der Waals surface area contributed by atoms with E-state index >= 15 is 0 Å². The van der Waals surface area contributed by atoms with Crippen molar-refractivity contribution in [2.75, 3.05) is 26.9 Å². The molecule has 6 nitrogen and oxygen atoms in total. The van der Waals surface area contributed by atoms with Crippen molar-refractivity contribution in [3.63, 3.8) is 0 Å². The molecule has 1 aliphatic rings. The van der Waals surface area contributed by atoms with Gasteiger partial charge in [-0.15, -0.1) is 0 Å². The molecule has 0 spiro atoms. The Kier molecular flexibility index (Phi) is 4.70.